The maximum Gasteiger partial charge on any atom is 0.269 e. The summed E-state index contributed by atoms with van der Waals surface area (Å²) in [5, 5.41) is 15.3. The number of rotatable bonds is 6. The van der Waals surface area contributed by atoms with Crippen molar-refractivity contribution in [1.82, 2.24) is 9.97 Å². The van der Waals surface area contributed by atoms with E-state index in [4.69, 9.17) is 4.42 Å². The maximum absolute atomic E-state index is 10.9. The molecule has 29 heavy (non-hydrogen) atoms. The summed E-state index contributed by atoms with van der Waals surface area (Å²) in [4.78, 5) is 19.6. The highest BCUT2D eigenvalue weighted by atomic mass is 16.6. The van der Waals surface area contributed by atoms with Crippen molar-refractivity contribution < 1.29 is 9.34 Å². The Morgan fingerprint density at radius 3 is 2.79 bits per heavy atom. The highest BCUT2D eigenvalue weighted by Crippen LogP contribution is 2.27. The average Bonchev–Trinajstić information content (AvgIpc) is 3.08. The molecule has 7 nitrogen and oxygen atoms in total. The van der Waals surface area contributed by atoms with E-state index < -0.39 is 0 Å². The van der Waals surface area contributed by atoms with Crippen molar-refractivity contribution in [3.8, 4) is 11.3 Å². The smallest absolute Gasteiger partial charge is 0.269 e. The number of hydrogen-bond acceptors (Lipinski definition) is 6. The van der Waals surface area contributed by atoms with Crippen molar-refractivity contribution in [2.45, 2.75) is 20.3 Å². The summed E-state index contributed by atoms with van der Waals surface area (Å²) in [6.07, 6.45) is 2.40. The first-order valence-corrected chi connectivity index (χ1v) is 9.31. The molecule has 1 N–H and O–H groups in total. The van der Waals surface area contributed by atoms with Gasteiger partial charge in [-0.15, -0.1) is 0 Å². The first-order valence-electron chi connectivity index (χ1n) is 9.31. The molecule has 7 heteroatoms. The van der Waals surface area contributed by atoms with Gasteiger partial charge in [-0.05, 0) is 49.6 Å². The third-order valence-corrected chi connectivity index (χ3v) is 4.74. The van der Waals surface area contributed by atoms with Crippen LogP contribution in [-0.4, -0.2) is 21.4 Å². The first-order chi connectivity index (χ1) is 14.0. The van der Waals surface area contributed by atoms with Crippen molar-refractivity contribution >= 4 is 22.5 Å². The molecular weight excluding hydrogens is 368 g/mol. The van der Waals surface area contributed by atoms with E-state index in [9.17, 15) is 10.1 Å². The predicted molar refractivity (Wildman–Crippen MR) is 112 cm³/mol. The highest BCUT2D eigenvalue weighted by molar-refractivity contribution is 5.85. The van der Waals surface area contributed by atoms with Gasteiger partial charge in [0.1, 0.15) is 17.2 Å². The minimum Gasteiger partial charge on any atom is -0.464 e. The van der Waals surface area contributed by atoms with Crippen molar-refractivity contribution in [2.75, 3.05) is 11.9 Å². The number of fused-ring (bicyclic) bond motifs is 1. The van der Waals surface area contributed by atoms with Crippen LogP contribution in [0.4, 0.5) is 11.5 Å². The number of nitro groups is 1. The SMILES string of the molecule is Cc1nc(NCCc2cccc([N+](=O)[O-])c2)cc(-c2ccc3occ(C)c3c2)n1. The molecule has 2 aromatic carbocycles. The molecule has 0 spiro atoms. The van der Waals surface area contributed by atoms with Crippen LogP contribution in [0, 0.1) is 24.0 Å². The lowest BCUT2D eigenvalue weighted by atomic mass is 10.1. The second-order valence-corrected chi connectivity index (χ2v) is 6.92. The zero-order chi connectivity index (χ0) is 20.4. The molecule has 0 aliphatic rings. The van der Waals surface area contributed by atoms with Crippen LogP contribution in [0.5, 0.6) is 0 Å². The van der Waals surface area contributed by atoms with Gasteiger partial charge < -0.3 is 9.73 Å². The van der Waals surface area contributed by atoms with Crippen molar-refractivity contribution in [3.05, 3.63) is 81.9 Å². The molecule has 4 aromatic rings. The van der Waals surface area contributed by atoms with E-state index in [0.29, 0.717) is 18.8 Å². The van der Waals surface area contributed by atoms with Crippen molar-refractivity contribution in [3.63, 3.8) is 0 Å². The quantitative estimate of drug-likeness (QED) is 0.366. The number of nitrogens with zero attached hydrogens (tertiary/aromatic N) is 3. The molecule has 2 heterocycles. The van der Waals surface area contributed by atoms with Gasteiger partial charge in [-0.25, -0.2) is 9.97 Å². The molecule has 0 atom stereocenters. The Balaban J connectivity index is 1.51. The summed E-state index contributed by atoms with van der Waals surface area (Å²) in [5.74, 6) is 1.39. The second-order valence-electron chi connectivity index (χ2n) is 6.92. The Hall–Kier alpha value is -3.74. The Bertz CT molecular complexity index is 1200. The molecule has 0 amide bonds. The number of nitrogens with one attached hydrogen (secondary N) is 1. The number of non-ortho nitro benzene ring substituents is 1. The van der Waals surface area contributed by atoms with E-state index in [2.05, 4.69) is 21.4 Å². The maximum atomic E-state index is 10.9. The zero-order valence-electron chi connectivity index (χ0n) is 16.2. The first kappa shape index (κ1) is 18.6. The third kappa shape index (κ3) is 4.08. The molecule has 0 saturated heterocycles. The largest absolute Gasteiger partial charge is 0.464 e. The number of anilines is 1. The molecule has 0 bridgehead atoms. The minimum atomic E-state index is -0.379. The van der Waals surface area contributed by atoms with Crippen LogP contribution in [0.3, 0.4) is 0 Å². The molecule has 2 aromatic heterocycles. The minimum absolute atomic E-state index is 0.104. The predicted octanol–water partition coefficient (Wildman–Crippen LogP) is 5.07. The number of furan rings is 1. The molecule has 0 fully saturated rings. The van der Waals surface area contributed by atoms with Gasteiger partial charge in [-0.2, -0.15) is 0 Å². The number of aromatic nitrogens is 2. The van der Waals surface area contributed by atoms with Crippen LogP contribution in [0.15, 0.2) is 59.2 Å². The Kier molecular flexibility index (Phi) is 4.95. The summed E-state index contributed by atoms with van der Waals surface area (Å²) in [5.41, 5.74) is 4.77. The van der Waals surface area contributed by atoms with Gasteiger partial charge >= 0.3 is 0 Å². The standard InChI is InChI=1S/C22H20N4O3/c1-14-13-29-21-7-6-17(11-19(14)21)20-12-22(25-15(2)24-20)23-9-8-16-4-3-5-18(10-16)26(27)28/h3-7,10-13H,8-9H2,1-2H3,(H,23,24,25). The lowest BCUT2D eigenvalue weighted by Crippen LogP contribution is -2.08. The van der Waals surface area contributed by atoms with Crippen LogP contribution in [0.1, 0.15) is 17.0 Å². The second kappa shape index (κ2) is 7.71. The molecule has 0 unspecified atom stereocenters. The fourth-order valence-corrected chi connectivity index (χ4v) is 3.28. The molecule has 146 valence electrons. The van der Waals surface area contributed by atoms with Gasteiger partial charge in [0.2, 0.25) is 0 Å². The van der Waals surface area contributed by atoms with Gasteiger partial charge in [-0.1, -0.05) is 12.1 Å². The molecular formula is C22H20N4O3. The molecule has 0 saturated carbocycles. The Morgan fingerprint density at radius 2 is 1.97 bits per heavy atom. The summed E-state index contributed by atoms with van der Waals surface area (Å²) in [7, 11) is 0. The monoisotopic (exact) mass is 388 g/mol. The van der Waals surface area contributed by atoms with Gasteiger partial charge in [0.05, 0.1) is 16.9 Å². The third-order valence-electron chi connectivity index (χ3n) is 4.74. The van der Waals surface area contributed by atoms with Gasteiger partial charge in [0.15, 0.2) is 0 Å². The summed E-state index contributed by atoms with van der Waals surface area (Å²) in [6, 6.07) is 14.6. The number of benzene rings is 2. The van der Waals surface area contributed by atoms with Crippen molar-refractivity contribution in [2.24, 2.45) is 0 Å². The number of nitro benzene ring substituents is 1. The van der Waals surface area contributed by atoms with E-state index in [1.54, 1.807) is 18.4 Å². The summed E-state index contributed by atoms with van der Waals surface area (Å²) < 4.78 is 5.52. The number of aryl methyl sites for hydroxylation is 2. The summed E-state index contributed by atoms with van der Waals surface area (Å²) >= 11 is 0. The van der Waals surface area contributed by atoms with Crippen LogP contribution in [0.25, 0.3) is 22.2 Å². The molecule has 0 radical (unpaired) electrons. The molecule has 0 aliphatic carbocycles. The Morgan fingerprint density at radius 1 is 1.10 bits per heavy atom. The molecule has 4 rings (SSSR count). The highest BCUT2D eigenvalue weighted by Gasteiger charge is 2.09. The van der Waals surface area contributed by atoms with E-state index in [1.807, 2.05) is 38.1 Å². The fraction of sp³-hybridized carbons (Fsp3) is 0.182. The fourth-order valence-electron chi connectivity index (χ4n) is 3.28. The van der Waals surface area contributed by atoms with Crippen LogP contribution >= 0.6 is 0 Å². The average molecular weight is 388 g/mol. The van der Waals surface area contributed by atoms with Crippen LogP contribution in [0.2, 0.25) is 0 Å². The van der Waals surface area contributed by atoms with Gasteiger partial charge in [0.25, 0.3) is 5.69 Å². The van der Waals surface area contributed by atoms with E-state index in [1.165, 1.54) is 6.07 Å². The van der Waals surface area contributed by atoms with Crippen LogP contribution < -0.4 is 5.32 Å². The van der Waals surface area contributed by atoms with Crippen LogP contribution in [-0.2, 0) is 6.42 Å². The normalized spacial score (nSPS) is 11.0. The number of hydrogen-bond donors (Lipinski definition) is 1. The van der Waals surface area contributed by atoms with Gasteiger partial charge in [-0.3, -0.25) is 10.1 Å². The van der Waals surface area contributed by atoms with E-state index in [-0.39, 0.29) is 10.6 Å². The van der Waals surface area contributed by atoms with Crippen molar-refractivity contribution in [1.29, 1.82) is 0 Å². The molecule has 0 aliphatic heterocycles. The van der Waals surface area contributed by atoms with E-state index >= 15 is 0 Å². The van der Waals surface area contributed by atoms with Gasteiger partial charge in [0, 0.05) is 35.7 Å². The topological polar surface area (TPSA) is 94.1 Å². The zero-order valence-corrected chi connectivity index (χ0v) is 16.2. The lowest BCUT2D eigenvalue weighted by molar-refractivity contribution is -0.384. The lowest BCUT2D eigenvalue weighted by Gasteiger charge is -2.09. The Labute approximate surface area is 167 Å². The summed E-state index contributed by atoms with van der Waals surface area (Å²) in [6.45, 7) is 4.48. The van der Waals surface area contributed by atoms with E-state index in [0.717, 1.165) is 39.2 Å².